The second-order valence-electron chi connectivity index (χ2n) is 5.47. The predicted octanol–water partition coefficient (Wildman–Crippen LogP) is 3.13. The molecular weight excluding hydrogens is 315 g/mol. The maximum atomic E-state index is 10.4. The molecule has 22 heavy (non-hydrogen) atoms. The number of carbonyl (C=O) groups excluding carboxylic acids is 1. The highest BCUT2D eigenvalue weighted by molar-refractivity contribution is 7.98. The molecule has 1 N–H and O–H groups in total. The molecule has 7 heteroatoms. The van der Waals surface area contributed by atoms with Crippen molar-refractivity contribution in [3.05, 3.63) is 29.3 Å². The summed E-state index contributed by atoms with van der Waals surface area (Å²) in [6, 6.07) is 6.64. The minimum absolute atomic E-state index is 0.00400. The molecule has 3 nitrogen and oxygen atoms in total. The molecule has 1 saturated heterocycles. The summed E-state index contributed by atoms with van der Waals surface area (Å²) >= 11 is 1.82. The van der Waals surface area contributed by atoms with Crippen LogP contribution in [0.1, 0.15) is 24.0 Å². The van der Waals surface area contributed by atoms with Gasteiger partial charge in [-0.3, -0.25) is 4.79 Å². The Labute approximate surface area is 131 Å². The highest BCUT2D eigenvalue weighted by atomic mass is 32.2. The molecule has 2 atom stereocenters. The summed E-state index contributed by atoms with van der Waals surface area (Å²) in [7, 11) is 0. The zero-order valence-corrected chi connectivity index (χ0v) is 13.2. The Morgan fingerprint density at radius 2 is 2.14 bits per heavy atom. The van der Waals surface area contributed by atoms with Crippen molar-refractivity contribution < 1.29 is 22.7 Å². The second kappa shape index (κ2) is 6.60. The lowest BCUT2D eigenvalue weighted by Crippen LogP contribution is -2.39. The van der Waals surface area contributed by atoms with E-state index in [0.29, 0.717) is 5.92 Å². The average molecular weight is 333 g/mol. The summed E-state index contributed by atoms with van der Waals surface area (Å²) in [6.07, 6.45) is -3.57. The molecule has 1 aromatic carbocycles. The minimum atomic E-state index is -4.64. The van der Waals surface area contributed by atoms with Crippen LogP contribution in [0.2, 0.25) is 0 Å². The van der Waals surface area contributed by atoms with Gasteiger partial charge in [-0.15, -0.1) is 11.8 Å². The fourth-order valence-electron chi connectivity index (χ4n) is 2.89. The van der Waals surface area contributed by atoms with E-state index in [0.717, 1.165) is 19.7 Å². The molecule has 0 spiro atoms. The minimum Gasteiger partial charge on any atom is -0.369 e. The molecule has 1 fully saturated rings. The van der Waals surface area contributed by atoms with E-state index in [-0.39, 0.29) is 5.60 Å². The predicted molar refractivity (Wildman–Crippen MR) is 79.1 cm³/mol. The number of thioether (sulfide) groups is 1. The molecule has 3 rings (SSSR count). The third kappa shape index (κ3) is 3.64. The summed E-state index contributed by atoms with van der Waals surface area (Å²) in [6.45, 7) is 5.01. The number of carbonyl (C=O) groups is 1. The van der Waals surface area contributed by atoms with Gasteiger partial charge in [0.25, 0.3) is 0 Å². The number of alkyl halides is 3. The van der Waals surface area contributed by atoms with Gasteiger partial charge < -0.3 is 10.1 Å². The lowest BCUT2D eigenvalue weighted by Gasteiger charge is -2.37. The number of rotatable bonds is 1. The van der Waals surface area contributed by atoms with Crippen LogP contribution in [0.3, 0.4) is 0 Å². The number of hydrogen-bond acceptors (Lipinski definition) is 4. The van der Waals surface area contributed by atoms with Crippen molar-refractivity contribution in [2.24, 2.45) is 0 Å². The van der Waals surface area contributed by atoms with Crippen LogP contribution in [-0.4, -0.2) is 37.4 Å². The van der Waals surface area contributed by atoms with Crippen molar-refractivity contribution in [2.75, 3.05) is 19.3 Å². The van der Waals surface area contributed by atoms with Gasteiger partial charge in [-0.25, -0.2) is 0 Å². The summed E-state index contributed by atoms with van der Waals surface area (Å²) in [4.78, 5) is 10.1. The maximum Gasteiger partial charge on any atom is 0.446 e. The van der Waals surface area contributed by atoms with Crippen molar-refractivity contribution in [2.45, 2.75) is 36.1 Å². The second-order valence-corrected chi connectivity index (χ2v) is 6.32. The molecule has 2 aliphatic heterocycles. The Kier molecular flexibility index (Phi) is 5.19. The van der Waals surface area contributed by atoms with Gasteiger partial charge in [0.2, 0.25) is 6.29 Å². The van der Waals surface area contributed by atoms with E-state index < -0.39 is 12.5 Å². The van der Waals surface area contributed by atoms with Crippen molar-refractivity contribution in [3.63, 3.8) is 0 Å². The standard InChI is InChI=1S/C13H17NOS.C2HF3O/c1-13-8-14-6-11(13)9-4-3-5-12(16-2)10(9)7-15-13;3-2(4,5)1-6/h3-5,11,14H,6-8H2,1-2H3;1H/t11-,13-;/m0./s1. The smallest absolute Gasteiger partial charge is 0.369 e. The SMILES string of the molecule is CSc1cccc2c1CO[C@@]1(C)CNC[C@@H]21.O=CC(F)(F)F. The van der Waals surface area contributed by atoms with E-state index in [1.165, 1.54) is 16.0 Å². The molecule has 1 aromatic rings. The summed E-state index contributed by atoms with van der Waals surface area (Å²) < 4.78 is 37.3. The normalized spacial score (nSPS) is 26.5. The van der Waals surface area contributed by atoms with Gasteiger partial charge in [0.15, 0.2) is 0 Å². The Morgan fingerprint density at radius 1 is 1.45 bits per heavy atom. The zero-order valence-electron chi connectivity index (χ0n) is 12.4. The Balaban J connectivity index is 0.000000254. The molecule has 0 aromatic heterocycles. The van der Waals surface area contributed by atoms with Gasteiger partial charge in [-0.2, -0.15) is 13.2 Å². The van der Waals surface area contributed by atoms with E-state index in [1.807, 2.05) is 11.8 Å². The number of hydrogen-bond donors (Lipinski definition) is 1. The van der Waals surface area contributed by atoms with Gasteiger partial charge in [-0.1, -0.05) is 12.1 Å². The first-order valence-electron chi connectivity index (χ1n) is 6.84. The van der Waals surface area contributed by atoms with Gasteiger partial charge in [0, 0.05) is 23.9 Å². The van der Waals surface area contributed by atoms with E-state index in [1.54, 1.807) is 0 Å². The highest BCUT2D eigenvalue weighted by Crippen LogP contribution is 2.43. The number of ether oxygens (including phenoxy) is 1. The Bertz CT molecular complexity index is 550. The molecule has 0 amide bonds. The fourth-order valence-corrected chi connectivity index (χ4v) is 3.52. The van der Waals surface area contributed by atoms with Crippen LogP contribution in [0.25, 0.3) is 0 Å². The van der Waals surface area contributed by atoms with Gasteiger partial charge in [0.05, 0.1) is 12.2 Å². The average Bonchev–Trinajstić information content (AvgIpc) is 2.88. The molecule has 0 saturated carbocycles. The van der Waals surface area contributed by atoms with E-state index in [9.17, 15) is 13.2 Å². The zero-order chi connectivity index (χ0) is 16.4. The number of nitrogens with one attached hydrogen (secondary N) is 1. The lowest BCUT2D eigenvalue weighted by molar-refractivity contribution is -0.156. The van der Waals surface area contributed by atoms with Crippen molar-refractivity contribution in [1.29, 1.82) is 0 Å². The van der Waals surface area contributed by atoms with E-state index >= 15 is 0 Å². The quantitative estimate of drug-likeness (QED) is 0.633. The first kappa shape index (κ1) is 17.3. The Hall–Kier alpha value is -1.05. The van der Waals surface area contributed by atoms with Crippen LogP contribution in [0.4, 0.5) is 13.2 Å². The monoisotopic (exact) mass is 333 g/mol. The maximum absolute atomic E-state index is 10.4. The molecular formula is C15H18F3NO2S. The van der Waals surface area contributed by atoms with Gasteiger partial charge in [0.1, 0.15) is 0 Å². The molecule has 2 aliphatic rings. The summed E-state index contributed by atoms with van der Waals surface area (Å²) in [5.41, 5.74) is 2.90. The molecule has 2 heterocycles. The summed E-state index contributed by atoms with van der Waals surface area (Å²) in [5.74, 6) is 0.517. The van der Waals surface area contributed by atoms with Gasteiger partial charge in [-0.05, 0) is 30.4 Å². The van der Waals surface area contributed by atoms with Crippen LogP contribution in [-0.2, 0) is 16.1 Å². The van der Waals surface area contributed by atoms with Crippen LogP contribution >= 0.6 is 11.8 Å². The van der Waals surface area contributed by atoms with Crippen LogP contribution in [0, 0.1) is 0 Å². The van der Waals surface area contributed by atoms with Crippen LogP contribution < -0.4 is 5.32 Å². The van der Waals surface area contributed by atoms with Crippen LogP contribution in [0.15, 0.2) is 23.1 Å². The topological polar surface area (TPSA) is 38.3 Å². The first-order chi connectivity index (χ1) is 10.3. The molecule has 0 radical (unpaired) electrons. The molecule has 122 valence electrons. The fraction of sp³-hybridized carbons (Fsp3) is 0.533. The third-order valence-corrected chi connectivity index (χ3v) is 4.83. The third-order valence-electron chi connectivity index (χ3n) is 4.01. The lowest BCUT2D eigenvalue weighted by atomic mass is 9.81. The van der Waals surface area contributed by atoms with Crippen molar-refractivity contribution >= 4 is 18.0 Å². The van der Waals surface area contributed by atoms with Crippen molar-refractivity contribution in [3.8, 4) is 0 Å². The van der Waals surface area contributed by atoms with Crippen LogP contribution in [0.5, 0.6) is 0 Å². The molecule has 0 aliphatic carbocycles. The van der Waals surface area contributed by atoms with Gasteiger partial charge >= 0.3 is 6.18 Å². The first-order valence-corrected chi connectivity index (χ1v) is 8.07. The largest absolute Gasteiger partial charge is 0.446 e. The van der Waals surface area contributed by atoms with E-state index in [4.69, 9.17) is 9.53 Å². The number of benzene rings is 1. The highest BCUT2D eigenvalue weighted by Gasteiger charge is 2.44. The summed E-state index contributed by atoms with van der Waals surface area (Å²) in [5, 5.41) is 3.45. The number of fused-ring (bicyclic) bond motifs is 3. The van der Waals surface area contributed by atoms with E-state index in [2.05, 4.69) is 36.7 Å². The Morgan fingerprint density at radius 3 is 2.73 bits per heavy atom. The number of halogens is 3. The van der Waals surface area contributed by atoms with Crippen molar-refractivity contribution in [1.82, 2.24) is 5.32 Å². The molecule has 0 bridgehead atoms. The number of aldehydes is 1. The molecule has 0 unspecified atom stereocenters.